The minimum absolute atomic E-state index is 0.187. The van der Waals surface area contributed by atoms with Crippen LogP contribution in [0.3, 0.4) is 0 Å². The van der Waals surface area contributed by atoms with Crippen LogP contribution < -0.4 is 5.32 Å². The highest BCUT2D eigenvalue weighted by atomic mass is 35.5. The normalized spacial score (nSPS) is 10.7. The van der Waals surface area contributed by atoms with Gasteiger partial charge in [0.05, 0.1) is 0 Å². The summed E-state index contributed by atoms with van der Waals surface area (Å²) in [7, 11) is 0. The lowest BCUT2D eigenvalue weighted by atomic mass is 10.1. The van der Waals surface area contributed by atoms with Crippen LogP contribution in [0.1, 0.15) is 28.4 Å². The van der Waals surface area contributed by atoms with E-state index in [1.54, 1.807) is 6.07 Å². The Morgan fingerprint density at radius 2 is 1.88 bits per heavy atom. The van der Waals surface area contributed by atoms with Gasteiger partial charge in [-0.3, -0.25) is 14.7 Å². The zero-order valence-electron chi connectivity index (χ0n) is 14.6. The molecule has 0 unspecified atom stereocenters. The van der Waals surface area contributed by atoms with Crippen molar-refractivity contribution in [2.45, 2.75) is 31.3 Å². The number of thioether (sulfide) groups is 1. The summed E-state index contributed by atoms with van der Waals surface area (Å²) in [4.78, 5) is 12.5. The zero-order chi connectivity index (χ0) is 18.5. The molecule has 3 aromatic rings. The number of nitrogens with zero attached hydrogens (tertiary/aromatic N) is 3. The SMILES string of the molecule is CCn1c(NC(=O)c2ccccc2C)nnc1SCc1ccccc1Cl. The van der Waals surface area contributed by atoms with Crippen molar-refractivity contribution in [3.63, 3.8) is 0 Å². The van der Waals surface area contributed by atoms with Crippen LogP contribution in [0.5, 0.6) is 0 Å². The van der Waals surface area contributed by atoms with Crippen LogP contribution in [0.15, 0.2) is 53.7 Å². The van der Waals surface area contributed by atoms with Gasteiger partial charge in [0.15, 0.2) is 5.16 Å². The van der Waals surface area contributed by atoms with Crippen LogP contribution in [0.25, 0.3) is 0 Å². The van der Waals surface area contributed by atoms with Crippen LogP contribution in [0.4, 0.5) is 5.95 Å². The van der Waals surface area contributed by atoms with E-state index in [0.29, 0.717) is 23.8 Å². The molecule has 0 aliphatic heterocycles. The summed E-state index contributed by atoms with van der Waals surface area (Å²) >= 11 is 7.75. The number of rotatable bonds is 6. The molecule has 0 saturated heterocycles. The molecule has 0 saturated carbocycles. The van der Waals surface area contributed by atoms with Gasteiger partial charge in [0, 0.05) is 22.9 Å². The maximum atomic E-state index is 12.5. The van der Waals surface area contributed by atoms with E-state index >= 15 is 0 Å². The molecule has 1 amide bonds. The fourth-order valence-electron chi connectivity index (χ4n) is 2.53. The maximum absolute atomic E-state index is 12.5. The van der Waals surface area contributed by atoms with E-state index in [0.717, 1.165) is 21.3 Å². The molecule has 0 spiro atoms. The fraction of sp³-hybridized carbons (Fsp3) is 0.211. The fourth-order valence-corrected chi connectivity index (χ4v) is 3.82. The van der Waals surface area contributed by atoms with Crippen molar-refractivity contribution < 1.29 is 4.79 Å². The summed E-state index contributed by atoms with van der Waals surface area (Å²) in [5, 5.41) is 12.7. The number of halogens is 1. The van der Waals surface area contributed by atoms with E-state index in [4.69, 9.17) is 11.6 Å². The van der Waals surface area contributed by atoms with Crippen LogP contribution in [0, 0.1) is 6.92 Å². The van der Waals surface area contributed by atoms with Gasteiger partial charge in [-0.15, -0.1) is 10.2 Å². The molecule has 0 bridgehead atoms. The molecule has 0 aliphatic carbocycles. The molecule has 0 fully saturated rings. The summed E-state index contributed by atoms with van der Waals surface area (Å²) in [5.41, 5.74) is 2.58. The molecule has 134 valence electrons. The molecule has 1 aromatic heterocycles. The van der Waals surface area contributed by atoms with Crippen molar-refractivity contribution in [2.24, 2.45) is 0 Å². The van der Waals surface area contributed by atoms with Gasteiger partial charge in [-0.2, -0.15) is 0 Å². The predicted molar refractivity (Wildman–Crippen MR) is 106 cm³/mol. The average Bonchev–Trinajstić information content (AvgIpc) is 3.02. The van der Waals surface area contributed by atoms with Crippen molar-refractivity contribution in [3.8, 4) is 0 Å². The number of anilines is 1. The van der Waals surface area contributed by atoms with Crippen molar-refractivity contribution in [3.05, 3.63) is 70.2 Å². The molecule has 1 heterocycles. The Kier molecular flexibility index (Phi) is 5.96. The topological polar surface area (TPSA) is 59.8 Å². The summed E-state index contributed by atoms with van der Waals surface area (Å²) in [6.07, 6.45) is 0. The Bertz CT molecular complexity index is 925. The third-order valence-corrected chi connectivity index (χ3v) is 5.35. The van der Waals surface area contributed by atoms with Gasteiger partial charge in [-0.05, 0) is 37.1 Å². The van der Waals surface area contributed by atoms with Gasteiger partial charge in [-0.1, -0.05) is 59.8 Å². The largest absolute Gasteiger partial charge is 0.290 e. The second kappa shape index (κ2) is 8.38. The lowest BCUT2D eigenvalue weighted by Gasteiger charge is -2.10. The Morgan fingerprint density at radius 3 is 2.62 bits per heavy atom. The highest BCUT2D eigenvalue weighted by molar-refractivity contribution is 7.98. The summed E-state index contributed by atoms with van der Waals surface area (Å²) < 4.78 is 1.89. The van der Waals surface area contributed by atoms with Crippen molar-refractivity contribution in [1.29, 1.82) is 0 Å². The van der Waals surface area contributed by atoms with E-state index in [2.05, 4.69) is 15.5 Å². The number of benzene rings is 2. The van der Waals surface area contributed by atoms with Gasteiger partial charge < -0.3 is 0 Å². The zero-order valence-corrected chi connectivity index (χ0v) is 16.1. The van der Waals surface area contributed by atoms with Gasteiger partial charge in [-0.25, -0.2) is 0 Å². The Hall–Kier alpha value is -2.31. The van der Waals surface area contributed by atoms with Gasteiger partial charge in [0.1, 0.15) is 0 Å². The molecule has 2 aromatic carbocycles. The number of nitrogens with one attached hydrogen (secondary N) is 1. The first-order valence-electron chi connectivity index (χ1n) is 8.26. The number of aryl methyl sites for hydroxylation is 1. The molecule has 5 nitrogen and oxygen atoms in total. The third kappa shape index (κ3) is 4.08. The molecule has 26 heavy (non-hydrogen) atoms. The Balaban J connectivity index is 1.75. The quantitative estimate of drug-likeness (QED) is 0.618. The van der Waals surface area contributed by atoms with E-state index in [-0.39, 0.29) is 5.91 Å². The number of hydrogen-bond donors (Lipinski definition) is 1. The molecular formula is C19H19ClN4OS. The summed E-state index contributed by atoms with van der Waals surface area (Å²) in [5.74, 6) is 0.944. The highest BCUT2D eigenvalue weighted by Crippen LogP contribution is 2.27. The van der Waals surface area contributed by atoms with Gasteiger partial charge in [0.2, 0.25) is 5.95 Å². The van der Waals surface area contributed by atoms with Crippen molar-refractivity contribution in [2.75, 3.05) is 5.32 Å². The molecule has 3 rings (SSSR count). The van der Waals surface area contributed by atoms with E-state index in [9.17, 15) is 4.79 Å². The minimum Gasteiger partial charge on any atom is -0.290 e. The van der Waals surface area contributed by atoms with Crippen molar-refractivity contribution >= 4 is 35.2 Å². The Labute approximate surface area is 161 Å². The maximum Gasteiger partial charge on any atom is 0.258 e. The molecule has 7 heteroatoms. The molecule has 1 N–H and O–H groups in total. The lowest BCUT2D eigenvalue weighted by Crippen LogP contribution is -2.17. The summed E-state index contributed by atoms with van der Waals surface area (Å²) in [6.45, 7) is 4.55. The number of aromatic nitrogens is 3. The summed E-state index contributed by atoms with van der Waals surface area (Å²) in [6, 6.07) is 15.2. The average molecular weight is 387 g/mol. The van der Waals surface area contributed by atoms with Crippen LogP contribution >= 0.6 is 23.4 Å². The van der Waals surface area contributed by atoms with Gasteiger partial charge >= 0.3 is 0 Å². The third-order valence-electron chi connectivity index (χ3n) is 3.96. The standard InChI is InChI=1S/C19H19ClN4OS/c1-3-24-18(21-17(25)15-10-6-4-8-13(15)2)22-23-19(24)26-12-14-9-5-7-11-16(14)20/h4-11H,3,12H2,1-2H3,(H,21,22,25). The van der Waals surface area contributed by atoms with Crippen molar-refractivity contribution in [1.82, 2.24) is 14.8 Å². The first-order valence-corrected chi connectivity index (χ1v) is 9.63. The molecule has 0 atom stereocenters. The monoisotopic (exact) mass is 386 g/mol. The number of hydrogen-bond acceptors (Lipinski definition) is 4. The minimum atomic E-state index is -0.187. The molecule has 0 aliphatic rings. The Morgan fingerprint density at radius 1 is 1.15 bits per heavy atom. The molecular weight excluding hydrogens is 368 g/mol. The van der Waals surface area contributed by atoms with E-state index < -0.39 is 0 Å². The predicted octanol–water partition coefficient (Wildman–Crippen LogP) is 4.80. The van der Waals surface area contributed by atoms with Crippen LogP contribution in [0.2, 0.25) is 5.02 Å². The van der Waals surface area contributed by atoms with E-state index in [1.807, 2.05) is 60.9 Å². The second-order valence-electron chi connectivity index (χ2n) is 5.70. The van der Waals surface area contributed by atoms with Crippen LogP contribution in [-0.4, -0.2) is 20.7 Å². The lowest BCUT2D eigenvalue weighted by molar-refractivity contribution is 0.102. The van der Waals surface area contributed by atoms with E-state index in [1.165, 1.54) is 11.8 Å². The number of carbonyl (C=O) groups excluding carboxylic acids is 1. The first-order chi connectivity index (χ1) is 12.6. The first kappa shape index (κ1) is 18.5. The van der Waals surface area contributed by atoms with Gasteiger partial charge in [0.25, 0.3) is 5.91 Å². The molecule has 0 radical (unpaired) electrons. The van der Waals surface area contributed by atoms with Crippen LogP contribution in [-0.2, 0) is 12.3 Å². The highest BCUT2D eigenvalue weighted by Gasteiger charge is 2.16. The number of carbonyl (C=O) groups is 1. The number of amides is 1. The smallest absolute Gasteiger partial charge is 0.258 e. The second-order valence-corrected chi connectivity index (χ2v) is 7.05.